The number of ether oxygens (including phenoxy) is 1. The lowest BCUT2D eigenvalue weighted by atomic mass is 10.2. The number of anilines is 1. The Morgan fingerprint density at radius 1 is 1.28 bits per heavy atom. The summed E-state index contributed by atoms with van der Waals surface area (Å²) in [4.78, 5) is 24.8. The molecule has 0 radical (unpaired) electrons. The average molecular weight is 341 g/mol. The van der Waals surface area contributed by atoms with Gasteiger partial charge in [-0.3, -0.25) is 0 Å². The molecule has 0 saturated carbocycles. The molecule has 7 nitrogen and oxygen atoms in total. The Labute approximate surface area is 147 Å². The maximum absolute atomic E-state index is 12.3. The van der Waals surface area contributed by atoms with Gasteiger partial charge in [-0.15, -0.1) is 0 Å². The molecule has 0 bridgehead atoms. The normalized spacial score (nSPS) is 20.9. The fourth-order valence-corrected chi connectivity index (χ4v) is 3.45. The van der Waals surface area contributed by atoms with Crippen molar-refractivity contribution in [2.75, 3.05) is 44.2 Å². The molecule has 1 atom stereocenters. The Bertz CT molecular complexity index is 739. The van der Waals surface area contributed by atoms with Crippen LogP contribution in [0.1, 0.15) is 12.8 Å². The van der Waals surface area contributed by atoms with Gasteiger partial charge in [0.2, 0.25) is 0 Å². The first-order chi connectivity index (χ1) is 12.3. The van der Waals surface area contributed by atoms with E-state index in [1.54, 1.807) is 6.33 Å². The molecule has 2 saturated heterocycles. The maximum Gasteiger partial charge on any atom is 0.317 e. The van der Waals surface area contributed by atoms with Crippen molar-refractivity contribution >= 4 is 22.6 Å². The number of carbonyl (C=O) groups excluding carboxylic acids is 1. The van der Waals surface area contributed by atoms with Crippen molar-refractivity contribution < 1.29 is 9.53 Å². The second kappa shape index (κ2) is 7.23. The highest BCUT2D eigenvalue weighted by molar-refractivity contribution is 5.81. The fourth-order valence-electron chi connectivity index (χ4n) is 3.45. The second-order valence-electron chi connectivity index (χ2n) is 6.56. The van der Waals surface area contributed by atoms with Gasteiger partial charge in [-0.1, -0.05) is 0 Å². The lowest BCUT2D eigenvalue weighted by molar-refractivity contribution is 0.108. The summed E-state index contributed by atoms with van der Waals surface area (Å²) in [5.41, 5.74) is 2.10. The molecule has 1 unspecified atom stereocenters. The van der Waals surface area contributed by atoms with Crippen LogP contribution >= 0.6 is 0 Å². The summed E-state index contributed by atoms with van der Waals surface area (Å²) in [6, 6.07) is 6.24. The first-order valence-electron chi connectivity index (χ1n) is 8.89. The molecule has 1 aromatic heterocycles. The van der Waals surface area contributed by atoms with Gasteiger partial charge in [0, 0.05) is 56.6 Å². The quantitative estimate of drug-likeness (QED) is 0.919. The highest BCUT2D eigenvalue weighted by atomic mass is 16.5. The van der Waals surface area contributed by atoms with E-state index < -0.39 is 0 Å². The molecular formula is C18H23N5O2. The predicted molar refractivity (Wildman–Crippen MR) is 95.7 cm³/mol. The third-order valence-corrected chi connectivity index (χ3v) is 4.93. The summed E-state index contributed by atoms with van der Waals surface area (Å²) in [5.74, 6) is 0. The summed E-state index contributed by atoms with van der Waals surface area (Å²) >= 11 is 0. The second-order valence-corrected chi connectivity index (χ2v) is 6.56. The van der Waals surface area contributed by atoms with Crippen LogP contribution in [0.4, 0.5) is 10.5 Å². The molecule has 1 aromatic carbocycles. The van der Waals surface area contributed by atoms with Crippen LogP contribution in [0.2, 0.25) is 0 Å². The van der Waals surface area contributed by atoms with Gasteiger partial charge in [-0.25, -0.2) is 14.8 Å². The number of amides is 2. The highest BCUT2D eigenvalue weighted by Crippen LogP contribution is 2.21. The number of aromatic nitrogens is 2. The number of piperazine rings is 1. The third kappa shape index (κ3) is 3.66. The molecule has 1 N–H and O–H groups in total. The molecule has 132 valence electrons. The smallest absolute Gasteiger partial charge is 0.317 e. The third-order valence-electron chi connectivity index (χ3n) is 4.93. The van der Waals surface area contributed by atoms with Crippen LogP contribution in [-0.2, 0) is 4.74 Å². The first kappa shape index (κ1) is 16.1. The molecule has 0 spiro atoms. The van der Waals surface area contributed by atoms with E-state index in [0.717, 1.165) is 62.2 Å². The molecule has 25 heavy (non-hydrogen) atoms. The van der Waals surface area contributed by atoms with Crippen molar-refractivity contribution in [2.45, 2.75) is 18.9 Å². The molecule has 3 heterocycles. The lowest BCUT2D eigenvalue weighted by Gasteiger charge is -2.36. The van der Waals surface area contributed by atoms with Crippen LogP contribution in [0.3, 0.4) is 0 Å². The Balaban J connectivity index is 1.31. The summed E-state index contributed by atoms with van der Waals surface area (Å²) in [6.07, 6.45) is 5.72. The Morgan fingerprint density at radius 2 is 2.16 bits per heavy atom. The SMILES string of the molecule is O=C(NCC1CCCO1)N1CCN(c2ccc3ncncc3c2)CC1. The van der Waals surface area contributed by atoms with Crippen LogP contribution < -0.4 is 10.2 Å². The van der Waals surface area contributed by atoms with Crippen molar-refractivity contribution in [2.24, 2.45) is 0 Å². The van der Waals surface area contributed by atoms with Crippen molar-refractivity contribution in [1.29, 1.82) is 0 Å². The van der Waals surface area contributed by atoms with Crippen LogP contribution in [0.5, 0.6) is 0 Å². The largest absolute Gasteiger partial charge is 0.376 e. The number of rotatable bonds is 3. The Morgan fingerprint density at radius 3 is 2.96 bits per heavy atom. The zero-order chi connectivity index (χ0) is 17.1. The molecule has 2 aromatic rings. The van der Waals surface area contributed by atoms with Crippen molar-refractivity contribution in [3.05, 3.63) is 30.7 Å². The van der Waals surface area contributed by atoms with Gasteiger partial charge in [0.1, 0.15) is 6.33 Å². The maximum atomic E-state index is 12.3. The first-order valence-corrected chi connectivity index (χ1v) is 8.89. The standard InChI is InChI=1S/C18H23N5O2/c24-18(20-12-16-2-1-9-25-16)23-7-5-22(6-8-23)15-3-4-17-14(10-15)11-19-13-21-17/h3-4,10-11,13,16H,1-2,5-9,12H2,(H,20,24). The number of carbonyl (C=O) groups is 1. The van der Waals surface area contributed by atoms with Crippen molar-refractivity contribution in [3.63, 3.8) is 0 Å². The fraction of sp³-hybridized carbons (Fsp3) is 0.500. The number of hydrogen-bond acceptors (Lipinski definition) is 5. The summed E-state index contributed by atoms with van der Waals surface area (Å²) in [6.45, 7) is 4.53. The highest BCUT2D eigenvalue weighted by Gasteiger charge is 2.23. The number of urea groups is 1. The monoisotopic (exact) mass is 341 g/mol. The zero-order valence-electron chi connectivity index (χ0n) is 14.2. The molecule has 7 heteroatoms. The van der Waals surface area contributed by atoms with Crippen molar-refractivity contribution in [1.82, 2.24) is 20.2 Å². The molecule has 0 aliphatic carbocycles. The lowest BCUT2D eigenvalue weighted by Crippen LogP contribution is -2.52. The van der Waals surface area contributed by atoms with Crippen molar-refractivity contribution in [3.8, 4) is 0 Å². The van der Waals surface area contributed by atoms with E-state index in [-0.39, 0.29) is 12.1 Å². The van der Waals surface area contributed by atoms with E-state index in [4.69, 9.17) is 4.74 Å². The Kier molecular flexibility index (Phi) is 4.65. The van der Waals surface area contributed by atoms with E-state index in [9.17, 15) is 4.79 Å². The number of fused-ring (bicyclic) bond motifs is 1. The number of hydrogen-bond donors (Lipinski definition) is 1. The molecule has 2 amide bonds. The summed E-state index contributed by atoms with van der Waals surface area (Å²) in [7, 11) is 0. The number of benzene rings is 1. The van der Waals surface area contributed by atoms with E-state index in [2.05, 4.69) is 32.3 Å². The van der Waals surface area contributed by atoms with Gasteiger partial charge in [0.25, 0.3) is 0 Å². The van der Waals surface area contributed by atoms with Crippen LogP contribution in [0, 0.1) is 0 Å². The minimum absolute atomic E-state index is 0.0158. The predicted octanol–water partition coefficient (Wildman–Crippen LogP) is 1.64. The van der Waals surface area contributed by atoms with Crippen LogP contribution in [0.25, 0.3) is 10.9 Å². The topological polar surface area (TPSA) is 70.6 Å². The van der Waals surface area contributed by atoms with Gasteiger partial charge in [-0.2, -0.15) is 0 Å². The van der Waals surface area contributed by atoms with Gasteiger partial charge in [-0.05, 0) is 31.0 Å². The van der Waals surface area contributed by atoms with E-state index >= 15 is 0 Å². The van der Waals surface area contributed by atoms with Crippen LogP contribution in [-0.4, -0.2) is 66.3 Å². The molecule has 2 aliphatic rings. The molecule has 4 rings (SSSR count). The minimum Gasteiger partial charge on any atom is -0.376 e. The average Bonchev–Trinajstić information content (AvgIpc) is 3.19. The van der Waals surface area contributed by atoms with Gasteiger partial charge >= 0.3 is 6.03 Å². The Hall–Kier alpha value is -2.41. The van der Waals surface area contributed by atoms with Crippen LogP contribution in [0.15, 0.2) is 30.7 Å². The van der Waals surface area contributed by atoms with E-state index in [1.807, 2.05) is 17.2 Å². The summed E-state index contributed by atoms with van der Waals surface area (Å²) < 4.78 is 5.55. The molecule has 2 aliphatic heterocycles. The molecule has 2 fully saturated rings. The van der Waals surface area contributed by atoms with Gasteiger partial charge < -0.3 is 19.9 Å². The van der Waals surface area contributed by atoms with Gasteiger partial charge in [0.15, 0.2) is 0 Å². The van der Waals surface area contributed by atoms with E-state index in [0.29, 0.717) is 6.54 Å². The zero-order valence-corrected chi connectivity index (χ0v) is 14.2. The van der Waals surface area contributed by atoms with Gasteiger partial charge in [0.05, 0.1) is 11.6 Å². The minimum atomic E-state index is 0.0158. The number of nitrogens with zero attached hydrogens (tertiary/aromatic N) is 4. The summed E-state index contributed by atoms with van der Waals surface area (Å²) in [5, 5.41) is 4.04. The number of nitrogens with one attached hydrogen (secondary N) is 1. The van der Waals surface area contributed by atoms with E-state index in [1.165, 1.54) is 0 Å². The molecular weight excluding hydrogens is 318 g/mol.